The molecule has 1 atom stereocenters. The summed E-state index contributed by atoms with van der Waals surface area (Å²) in [6.07, 6.45) is 1.07. The molecule has 0 saturated heterocycles. The molecule has 0 fully saturated rings. The lowest BCUT2D eigenvalue weighted by atomic mass is 10.1. The van der Waals surface area contributed by atoms with Gasteiger partial charge in [-0.15, -0.1) is 0 Å². The maximum Gasteiger partial charge on any atom is 0.124 e. The van der Waals surface area contributed by atoms with Crippen molar-refractivity contribution in [2.24, 2.45) is 0 Å². The molecular weight excluding hydrogens is 150 g/mol. The molecule has 1 aromatic rings. The van der Waals surface area contributed by atoms with E-state index in [-0.39, 0.29) is 0 Å². The average Bonchev–Trinajstić information content (AvgIpc) is 2.44. The lowest BCUT2D eigenvalue weighted by molar-refractivity contribution is 0.410. The van der Waals surface area contributed by atoms with Gasteiger partial charge >= 0.3 is 0 Å². The Balaban J connectivity index is 2.44. The Labute approximate surface area is 72.5 Å². The molecule has 2 heteroatoms. The second-order valence-corrected chi connectivity index (χ2v) is 3.24. The van der Waals surface area contributed by atoms with E-state index < -0.39 is 0 Å². The number of rotatable bonds is 1. The summed E-state index contributed by atoms with van der Waals surface area (Å²) in [7, 11) is 1.72. The molecule has 0 bridgehead atoms. The maximum absolute atomic E-state index is 5.27. The summed E-state index contributed by atoms with van der Waals surface area (Å²) in [6, 6.07) is 6.67. The minimum atomic E-state index is 0.538. The first-order valence-electron chi connectivity index (χ1n) is 4.23. The van der Waals surface area contributed by atoms with Crippen LogP contribution in [0.5, 0.6) is 5.75 Å². The highest BCUT2D eigenvalue weighted by atomic mass is 16.5. The smallest absolute Gasteiger partial charge is 0.124 e. The van der Waals surface area contributed by atoms with E-state index in [1.807, 2.05) is 12.1 Å². The van der Waals surface area contributed by atoms with Gasteiger partial charge in [-0.25, -0.2) is 0 Å². The van der Waals surface area contributed by atoms with Crippen LogP contribution in [0, 0.1) is 0 Å². The van der Waals surface area contributed by atoms with Gasteiger partial charge in [0.05, 0.1) is 7.11 Å². The predicted molar refractivity (Wildman–Crippen MR) is 49.8 cm³/mol. The number of hydrogen-bond donors (Lipinski definition) is 1. The van der Waals surface area contributed by atoms with Gasteiger partial charge in [0.1, 0.15) is 5.75 Å². The molecule has 12 heavy (non-hydrogen) atoms. The van der Waals surface area contributed by atoms with Crippen molar-refractivity contribution in [3.8, 4) is 5.75 Å². The highest BCUT2D eigenvalue weighted by Crippen LogP contribution is 2.32. The topological polar surface area (TPSA) is 21.3 Å². The SMILES string of the molecule is COc1cccc2c1C[C@H](C)N2. The first-order chi connectivity index (χ1) is 5.81. The van der Waals surface area contributed by atoms with Crippen molar-refractivity contribution in [1.82, 2.24) is 0 Å². The van der Waals surface area contributed by atoms with Gasteiger partial charge in [-0.2, -0.15) is 0 Å². The van der Waals surface area contributed by atoms with E-state index in [0.29, 0.717) is 6.04 Å². The monoisotopic (exact) mass is 163 g/mol. The van der Waals surface area contributed by atoms with Crippen LogP contribution in [0.15, 0.2) is 18.2 Å². The summed E-state index contributed by atoms with van der Waals surface area (Å²) in [5.74, 6) is 1.00. The largest absolute Gasteiger partial charge is 0.496 e. The number of methoxy groups -OCH3 is 1. The van der Waals surface area contributed by atoms with Gasteiger partial charge in [0.25, 0.3) is 0 Å². The quantitative estimate of drug-likeness (QED) is 0.684. The van der Waals surface area contributed by atoms with Crippen LogP contribution in [0.1, 0.15) is 12.5 Å². The average molecular weight is 163 g/mol. The molecule has 0 aliphatic carbocycles. The second-order valence-electron chi connectivity index (χ2n) is 3.24. The fourth-order valence-electron chi connectivity index (χ4n) is 1.73. The third-order valence-electron chi connectivity index (χ3n) is 2.27. The lowest BCUT2D eigenvalue weighted by Gasteiger charge is -2.04. The fourth-order valence-corrected chi connectivity index (χ4v) is 1.73. The van der Waals surface area contributed by atoms with Crippen molar-refractivity contribution in [1.29, 1.82) is 0 Å². The van der Waals surface area contributed by atoms with Gasteiger partial charge in [0, 0.05) is 17.3 Å². The van der Waals surface area contributed by atoms with Gasteiger partial charge in [-0.1, -0.05) is 6.07 Å². The third kappa shape index (κ3) is 1.04. The normalized spacial score (nSPS) is 20.0. The Morgan fingerprint density at radius 1 is 1.50 bits per heavy atom. The zero-order valence-corrected chi connectivity index (χ0v) is 7.42. The first kappa shape index (κ1) is 7.47. The lowest BCUT2D eigenvalue weighted by Crippen LogP contribution is -2.08. The van der Waals surface area contributed by atoms with Crippen molar-refractivity contribution < 1.29 is 4.74 Å². The van der Waals surface area contributed by atoms with Gasteiger partial charge < -0.3 is 10.1 Å². The van der Waals surface area contributed by atoms with Crippen LogP contribution in [-0.4, -0.2) is 13.2 Å². The Morgan fingerprint density at radius 3 is 3.08 bits per heavy atom. The number of anilines is 1. The number of hydrogen-bond acceptors (Lipinski definition) is 2. The second kappa shape index (κ2) is 2.70. The molecule has 1 heterocycles. The van der Waals surface area contributed by atoms with Crippen molar-refractivity contribution in [3.05, 3.63) is 23.8 Å². The van der Waals surface area contributed by atoms with Crippen molar-refractivity contribution in [2.45, 2.75) is 19.4 Å². The van der Waals surface area contributed by atoms with E-state index in [4.69, 9.17) is 4.74 Å². The van der Waals surface area contributed by atoms with Crippen LogP contribution in [0.25, 0.3) is 0 Å². The van der Waals surface area contributed by atoms with Crippen LogP contribution in [-0.2, 0) is 6.42 Å². The Bertz CT molecular complexity index is 296. The van der Waals surface area contributed by atoms with Crippen molar-refractivity contribution in [3.63, 3.8) is 0 Å². The standard InChI is InChI=1S/C10H13NO/c1-7-6-8-9(11-7)4-3-5-10(8)12-2/h3-5,7,11H,6H2,1-2H3/t7-/m0/s1. The number of ether oxygens (including phenoxy) is 1. The van der Waals surface area contributed by atoms with E-state index >= 15 is 0 Å². The highest BCUT2D eigenvalue weighted by Gasteiger charge is 2.19. The van der Waals surface area contributed by atoms with Gasteiger partial charge in [-0.05, 0) is 25.5 Å². The van der Waals surface area contributed by atoms with Gasteiger partial charge in [0.15, 0.2) is 0 Å². The van der Waals surface area contributed by atoms with Gasteiger partial charge in [0.2, 0.25) is 0 Å². The Hall–Kier alpha value is -1.18. The molecule has 1 aliphatic rings. The molecule has 2 nitrogen and oxygen atoms in total. The van der Waals surface area contributed by atoms with E-state index in [1.165, 1.54) is 11.3 Å². The van der Waals surface area contributed by atoms with Crippen LogP contribution in [0.2, 0.25) is 0 Å². The molecule has 0 aromatic heterocycles. The molecule has 0 radical (unpaired) electrons. The summed E-state index contributed by atoms with van der Waals surface area (Å²) in [6.45, 7) is 2.18. The van der Waals surface area contributed by atoms with Crippen LogP contribution < -0.4 is 10.1 Å². The van der Waals surface area contributed by atoms with E-state index in [9.17, 15) is 0 Å². The third-order valence-corrected chi connectivity index (χ3v) is 2.27. The molecule has 0 spiro atoms. The zero-order valence-electron chi connectivity index (χ0n) is 7.42. The summed E-state index contributed by atoms with van der Waals surface area (Å²) < 4.78 is 5.27. The molecule has 64 valence electrons. The molecule has 1 aromatic carbocycles. The molecule has 2 rings (SSSR count). The maximum atomic E-state index is 5.27. The first-order valence-corrected chi connectivity index (χ1v) is 4.23. The molecule has 0 unspecified atom stereocenters. The molecule has 0 saturated carbocycles. The zero-order chi connectivity index (χ0) is 8.55. The molecular formula is C10H13NO. The summed E-state index contributed by atoms with van der Waals surface area (Å²) in [5.41, 5.74) is 2.54. The van der Waals surface area contributed by atoms with Gasteiger partial charge in [-0.3, -0.25) is 0 Å². The minimum Gasteiger partial charge on any atom is -0.496 e. The minimum absolute atomic E-state index is 0.538. The Morgan fingerprint density at radius 2 is 2.33 bits per heavy atom. The summed E-state index contributed by atoms with van der Waals surface area (Å²) in [5, 5.41) is 3.39. The molecule has 0 amide bonds. The Kier molecular flexibility index (Phi) is 1.68. The predicted octanol–water partition coefficient (Wildman–Crippen LogP) is 2.05. The van der Waals surface area contributed by atoms with Crippen molar-refractivity contribution >= 4 is 5.69 Å². The molecule has 1 N–H and O–H groups in total. The van der Waals surface area contributed by atoms with E-state index in [2.05, 4.69) is 18.3 Å². The summed E-state index contributed by atoms with van der Waals surface area (Å²) >= 11 is 0. The van der Waals surface area contributed by atoms with Crippen LogP contribution in [0.3, 0.4) is 0 Å². The highest BCUT2D eigenvalue weighted by molar-refractivity contribution is 5.62. The van der Waals surface area contributed by atoms with E-state index in [1.54, 1.807) is 7.11 Å². The molecule has 1 aliphatic heterocycles. The number of benzene rings is 1. The number of nitrogens with one attached hydrogen (secondary N) is 1. The van der Waals surface area contributed by atoms with Crippen LogP contribution >= 0.6 is 0 Å². The van der Waals surface area contributed by atoms with Crippen LogP contribution in [0.4, 0.5) is 5.69 Å². The van der Waals surface area contributed by atoms with Crippen molar-refractivity contribution in [2.75, 3.05) is 12.4 Å². The summed E-state index contributed by atoms with van der Waals surface area (Å²) in [4.78, 5) is 0. The fraction of sp³-hybridized carbons (Fsp3) is 0.400. The number of fused-ring (bicyclic) bond motifs is 1. The van der Waals surface area contributed by atoms with E-state index in [0.717, 1.165) is 12.2 Å².